The summed E-state index contributed by atoms with van der Waals surface area (Å²) < 4.78 is 34.7. The molecular weight excluding hydrogens is 610 g/mol. The molecule has 14 heteroatoms. The van der Waals surface area contributed by atoms with Crippen LogP contribution in [0.15, 0.2) is 82.5 Å². The molecule has 0 unspecified atom stereocenters. The molecule has 0 radical (unpaired) electrons. The second-order valence-electron chi connectivity index (χ2n) is 10.8. The lowest BCUT2D eigenvalue weighted by atomic mass is 9.94. The summed E-state index contributed by atoms with van der Waals surface area (Å²) in [6.45, 7) is 4.03. The molecular formula is C32H33N7O6S. The van der Waals surface area contributed by atoms with Crippen LogP contribution in [-0.4, -0.2) is 67.6 Å². The summed E-state index contributed by atoms with van der Waals surface area (Å²) in [5.74, 6) is 0.461. The van der Waals surface area contributed by atoms with E-state index >= 15 is 0 Å². The summed E-state index contributed by atoms with van der Waals surface area (Å²) in [5.41, 5.74) is 10.2. The zero-order valence-corrected chi connectivity index (χ0v) is 26.4. The van der Waals surface area contributed by atoms with E-state index in [1.165, 1.54) is 19.4 Å². The third-order valence-electron chi connectivity index (χ3n) is 7.21. The fourth-order valence-corrected chi connectivity index (χ4v) is 5.14. The SMILES string of the molecule is CCS(=O)(=O)O.C[C@@H](c1oc(=O)c2ccccc2c1-c1cccc(CN(C)C)c1)n1nc(-c2cncc(O)c2)c2c(N)ncnc21. The number of fused-ring (bicyclic) bond motifs is 2. The molecule has 2 aromatic carbocycles. The Morgan fingerprint density at radius 3 is 2.41 bits per heavy atom. The molecule has 0 aliphatic carbocycles. The van der Waals surface area contributed by atoms with Crippen LogP contribution >= 0.6 is 0 Å². The van der Waals surface area contributed by atoms with E-state index in [-0.39, 0.29) is 17.3 Å². The number of anilines is 1. The lowest BCUT2D eigenvalue weighted by Crippen LogP contribution is -2.15. The molecule has 46 heavy (non-hydrogen) atoms. The molecule has 13 nitrogen and oxygen atoms in total. The van der Waals surface area contributed by atoms with Gasteiger partial charge in [-0.3, -0.25) is 9.54 Å². The van der Waals surface area contributed by atoms with E-state index < -0.39 is 21.8 Å². The van der Waals surface area contributed by atoms with E-state index in [1.807, 2.05) is 51.4 Å². The quantitative estimate of drug-likeness (QED) is 0.207. The monoisotopic (exact) mass is 643 g/mol. The molecule has 1 atom stereocenters. The second-order valence-corrected chi connectivity index (χ2v) is 12.6. The molecule has 6 rings (SSSR count). The van der Waals surface area contributed by atoms with Gasteiger partial charge in [0.15, 0.2) is 5.65 Å². The van der Waals surface area contributed by atoms with E-state index in [9.17, 15) is 18.3 Å². The molecule has 0 bridgehead atoms. The Bertz CT molecular complexity index is 2210. The first-order valence-corrected chi connectivity index (χ1v) is 15.9. The molecule has 4 aromatic heterocycles. The second kappa shape index (κ2) is 13.0. The Balaban J connectivity index is 0.000000635. The minimum Gasteiger partial charge on any atom is -0.506 e. The lowest BCUT2D eigenvalue weighted by molar-refractivity contribution is 0.402. The van der Waals surface area contributed by atoms with Crippen LogP contribution in [0.1, 0.15) is 31.2 Å². The fraction of sp³-hybridized carbons (Fsp3) is 0.219. The van der Waals surface area contributed by atoms with Crippen LogP contribution < -0.4 is 11.4 Å². The Labute approximate surface area is 264 Å². The van der Waals surface area contributed by atoms with Gasteiger partial charge in [0.25, 0.3) is 10.1 Å². The standard InChI is InChI=1S/C30H27N7O3.C2H6O3S/c1-17(37-29-25(28(31)33-16-34-29)26(35-37)20-12-21(38)14-32-13-20)27-24(19-8-6-7-18(11-19)15-36(2)3)22-9-4-5-10-23(22)30(39)40-27;1-2-6(3,4)5/h4-14,16-17,38H,15H2,1-3H3,(H2,31,33,34);2H2,1H3,(H,3,4,5)/t17-;/m0./s1. The number of aromatic hydroxyl groups is 1. The van der Waals surface area contributed by atoms with Crippen molar-refractivity contribution in [1.82, 2.24) is 29.6 Å². The highest BCUT2D eigenvalue weighted by molar-refractivity contribution is 7.85. The molecule has 4 N–H and O–H groups in total. The Morgan fingerprint density at radius 2 is 1.74 bits per heavy atom. The average Bonchev–Trinajstić information content (AvgIpc) is 3.41. The number of hydrogen-bond donors (Lipinski definition) is 3. The molecule has 0 fully saturated rings. The third-order valence-corrected chi connectivity index (χ3v) is 7.94. The molecule has 0 aliphatic heterocycles. The predicted molar refractivity (Wildman–Crippen MR) is 176 cm³/mol. The largest absolute Gasteiger partial charge is 0.506 e. The van der Waals surface area contributed by atoms with Crippen molar-refractivity contribution in [3.63, 3.8) is 0 Å². The number of benzene rings is 2. The molecule has 6 aromatic rings. The number of rotatable bonds is 7. The van der Waals surface area contributed by atoms with Gasteiger partial charge in [-0.15, -0.1) is 0 Å². The molecule has 0 saturated carbocycles. The summed E-state index contributed by atoms with van der Waals surface area (Å²) in [5, 5.41) is 16.7. The van der Waals surface area contributed by atoms with Crippen LogP contribution in [0.5, 0.6) is 5.75 Å². The molecule has 0 saturated heterocycles. The Hall–Kier alpha value is -5.18. The lowest BCUT2D eigenvalue weighted by Gasteiger charge is -2.19. The Morgan fingerprint density at radius 1 is 1.02 bits per heavy atom. The van der Waals surface area contributed by atoms with Crippen molar-refractivity contribution in [2.45, 2.75) is 26.4 Å². The van der Waals surface area contributed by atoms with Gasteiger partial charge < -0.3 is 20.2 Å². The van der Waals surface area contributed by atoms with Crippen molar-refractivity contribution in [3.05, 3.63) is 95.1 Å². The van der Waals surface area contributed by atoms with Crippen LogP contribution in [0.3, 0.4) is 0 Å². The normalized spacial score (nSPS) is 12.3. The maximum atomic E-state index is 13.2. The molecule has 0 spiro atoms. The number of aromatic nitrogens is 5. The maximum Gasteiger partial charge on any atom is 0.343 e. The molecule has 0 amide bonds. The van der Waals surface area contributed by atoms with Gasteiger partial charge in [0.2, 0.25) is 0 Å². The van der Waals surface area contributed by atoms with Crippen molar-refractivity contribution in [2.24, 2.45) is 0 Å². The van der Waals surface area contributed by atoms with E-state index in [0.717, 1.165) is 28.6 Å². The third kappa shape index (κ3) is 6.73. The zero-order chi connectivity index (χ0) is 33.2. The van der Waals surface area contributed by atoms with Gasteiger partial charge in [-0.1, -0.05) is 36.4 Å². The summed E-state index contributed by atoms with van der Waals surface area (Å²) in [4.78, 5) is 28.1. The van der Waals surface area contributed by atoms with Crippen LogP contribution in [0.25, 0.3) is 44.2 Å². The summed E-state index contributed by atoms with van der Waals surface area (Å²) in [6, 6.07) is 16.6. The van der Waals surface area contributed by atoms with Crippen molar-refractivity contribution in [2.75, 3.05) is 25.6 Å². The predicted octanol–water partition coefficient (Wildman–Crippen LogP) is 4.51. The highest BCUT2D eigenvalue weighted by atomic mass is 32.2. The summed E-state index contributed by atoms with van der Waals surface area (Å²) in [6.07, 6.45) is 4.29. The van der Waals surface area contributed by atoms with Gasteiger partial charge in [-0.2, -0.15) is 13.5 Å². The van der Waals surface area contributed by atoms with Crippen LogP contribution in [0.4, 0.5) is 5.82 Å². The number of nitrogens with two attached hydrogens (primary N) is 1. The smallest absolute Gasteiger partial charge is 0.343 e. The Kier molecular flexibility index (Phi) is 9.14. The van der Waals surface area contributed by atoms with E-state index in [2.05, 4.69) is 32.0 Å². The summed E-state index contributed by atoms with van der Waals surface area (Å²) >= 11 is 0. The minimum absolute atomic E-state index is 0.0101. The fourth-order valence-electron chi connectivity index (χ4n) is 5.14. The van der Waals surface area contributed by atoms with Gasteiger partial charge in [0.1, 0.15) is 35.4 Å². The number of pyridine rings is 1. The van der Waals surface area contributed by atoms with Crippen LogP contribution in [0.2, 0.25) is 0 Å². The minimum atomic E-state index is -3.66. The molecule has 4 heterocycles. The first-order valence-electron chi connectivity index (χ1n) is 14.3. The highest BCUT2D eigenvalue weighted by Crippen LogP contribution is 2.38. The van der Waals surface area contributed by atoms with Gasteiger partial charge >= 0.3 is 5.63 Å². The van der Waals surface area contributed by atoms with E-state index in [1.54, 1.807) is 23.0 Å². The van der Waals surface area contributed by atoms with Gasteiger partial charge in [-0.05, 0) is 57.3 Å². The topological polar surface area (TPSA) is 191 Å². The first kappa shape index (κ1) is 32.2. The number of hydrogen-bond acceptors (Lipinski definition) is 11. The van der Waals surface area contributed by atoms with Crippen molar-refractivity contribution in [3.8, 4) is 28.1 Å². The van der Waals surface area contributed by atoms with E-state index in [0.29, 0.717) is 33.4 Å². The molecule has 0 aliphatic rings. The molecule has 238 valence electrons. The zero-order valence-electron chi connectivity index (χ0n) is 25.6. The average molecular weight is 644 g/mol. The summed E-state index contributed by atoms with van der Waals surface area (Å²) in [7, 11) is 0.380. The van der Waals surface area contributed by atoms with Crippen LogP contribution in [-0.2, 0) is 16.7 Å². The van der Waals surface area contributed by atoms with E-state index in [4.69, 9.17) is 19.8 Å². The van der Waals surface area contributed by atoms with Crippen molar-refractivity contribution < 1.29 is 22.5 Å². The first-order chi connectivity index (χ1) is 21.9. The number of nitrogen functional groups attached to an aromatic ring is 1. The van der Waals surface area contributed by atoms with Gasteiger partial charge in [0, 0.05) is 29.3 Å². The highest BCUT2D eigenvalue weighted by Gasteiger charge is 2.27. The van der Waals surface area contributed by atoms with Crippen molar-refractivity contribution in [1.29, 1.82) is 0 Å². The maximum absolute atomic E-state index is 13.2. The van der Waals surface area contributed by atoms with Gasteiger partial charge in [0.05, 0.1) is 22.7 Å². The van der Waals surface area contributed by atoms with Crippen LogP contribution in [0, 0.1) is 0 Å². The number of nitrogens with zero attached hydrogens (tertiary/aromatic N) is 6. The van der Waals surface area contributed by atoms with Crippen molar-refractivity contribution >= 4 is 37.7 Å². The van der Waals surface area contributed by atoms with Gasteiger partial charge in [-0.25, -0.2) is 19.4 Å².